The number of esters is 1. The standard InChI is InChI=1S/C44H88NO7P/c1-3-5-7-9-11-13-15-17-19-20-21-22-23-25-27-29-31-33-35-37-44(46)52-43(42-51-53(47,48)50-40-38-45)41-49-39-36-34-32-30-28-26-24-18-16-14-12-10-8-6-4-2/h17,19,43H,3-16,18,20-42,45H2,1-2H3,(H,47,48)/b19-17-. The van der Waals surface area contributed by atoms with Crippen LogP contribution in [-0.4, -0.2) is 49.9 Å². The summed E-state index contributed by atoms with van der Waals surface area (Å²) >= 11 is 0. The minimum atomic E-state index is -4.27. The smallest absolute Gasteiger partial charge is 0.457 e. The fraction of sp³-hybridized carbons (Fsp3) is 0.932. The molecule has 9 heteroatoms. The molecule has 0 saturated carbocycles. The summed E-state index contributed by atoms with van der Waals surface area (Å²) < 4.78 is 33.5. The monoisotopic (exact) mass is 774 g/mol. The maximum absolute atomic E-state index is 12.6. The van der Waals surface area contributed by atoms with Gasteiger partial charge in [0.25, 0.3) is 0 Å². The van der Waals surface area contributed by atoms with E-state index in [-0.39, 0.29) is 32.3 Å². The third-order valence-electron chi connectivity index (χ3n) is 9.93. The molecule has 0 heterocycles. The topological polar surface area (TPSA) is 117 Å². The molecule has 0 aromatic carbocycles. The Hall–Kier alpha value is -0.760. The van der Waals surface area contributed by atoms with Crippen LogP contribution in [0.3, 0.4) is 0 Å². The third kappa shape index (κ3) is 42.2. The van der Waals surface area contributed by atoms with Gasteiger partial charge in [0.2, 0.25) is 0 Å². The van der Waals surface area contributed by atoms with Gasteiger partial charge in [-0.2, -0.15) is 0 Å². The lowest BCUT2D eigenvalue weighted by atomic mass is 10.0. The molecule has 0 aliphatic heterocycles. The first-order valence-electron chi connectivity index (χ1n) is 22.7. The van der Waals surface area contributed by atoms with Crippen molar-refractivity contribution in [2.45, 2.75) is 232 Å². The Bertz CT molecular complexity index is 828. The molecular weight excluding hydrogens is 685 g/mol. The van der Waals surface area contributed by atoms with E-state index in [0.717, 1.165) is 32.1 Å². The average molecular weight is 774 g/mol. The van der Waals surface area contributed by atoms with E-state index in [2.05, 4.69) is 26.0 Å². The molecule has 0 aromatic heterocycles. The van der Waals surface area contributed by atoms with Gasteiger partial charge in [-0.05, 0) is 38.5 Å². The number of hydrogen-bond acceptors (Lipinski definition) is 7. The number of ether oxygens (including phenoxy) is 2. The summed E-state index contributed by atoms with van der Waals surface area (Å²) in [7, 11) is -4.27. The number of carbonyl (C=O) groups excluding carboxylic acids is 1. The average Bonchev–Trinajstić information content (AvgIpc) is 3.15. The van der Waals surface area contributed by atoms with Gasteiger partial charge in [-0.25, -0.2) is 4.57 Å². The normalized spacial score (nSPS) is 13.5. The van der Waals surface area contributed by atoms with Crippen LogP contribution in [0.5, 0.6) is 0 Å². The van der Waals surface area contributed by atoms with Crippen LogP contribution in [-0.2, 0) is 27.9 Å². The first kappa shape index (κ1) is 52.2. The van der Waals surface area contributed by atoms with Crippen LogP contribution in [0.25, 0.3) is 0 Å². The zero-order valence-electron chi connectivity index (χ0n) is 35.0. The Labute approximate surface area is 328 Å². The molecule has 0 aromatic rings. The highest BCUT2D eigenvalue weighted by Crippen LogP contribution is 2.43. The van der Waals surface area contributed by atoms with Gasteiger partial charge in [-0.1, -0.05) is 193 Å². The zero-order valence-corrected chi connectivity index (χ0v) is 35.9. The molecule has 0 aliphatic rings. The van der Waals surface area contributed by atoms with Gasteiger partial charge < -0.3 is 20.1 Å². The fourth-order valence-electron chi connectivity index (χ4n) is 6.58. The van der Waals surface area contributed by atoms with E-state index in [1.165, 1.54) is 173 Å². The number of unbranched alkanes of at least 4 members (excludes halogenated alkanes) is 29. The molecule has 3 N–H and O–H groups in total. The molecule has 0 aliphatic carbocycles. The molecular formula is C44H88NO7P. The highest BCUT2D eigenvalue weighted by Gasteiger charge is 2.25. The van der Waals surface area contributed by atoms with Crippen molar-refractivity contribution >= 4 is 13.8 Å². The minimum Gasteiger partial charge on any atom is -0.457 e. The van der Waals surface area contributed by atoms with Gasteiger partial charge in [-0.15, -0.1) is 0 Å². The maximum atomic E-state index is 12.6. The molecule has 8 nitrogen and oxygen atoms in total. The molecule has 0 bridgehead atoms. The van der Waals surface area contributed by atoms with Crippen LogP contribution in [0.1, 0.15) is 226 Å². The molecule has 316 valence electrons. The fourth-order valence-corrected chi connectivity index (χ4v) is 7.35. The molecule has 0 rings (SSSR count). The lowest BCUT2D eigenvalue weighted by molar-refractivity contribution is -0.154. The lowest BCUT2D eigenvalue weighted by Gasteiger charge is -2.20. The summed E-state index contributed by atoms with van der Waals surface area (Å²) in [6.45, 7) is 4.97. The summed E-state index contributed by atoms with van der Waals surface area (Å²) in [5.74, 6) is -0.328. The second kappa shape index (κ2) is 42.4. The SMILES string of the molecule is CCCCCCCC/C=C\CCCCCCCCCCCC(=O)OC(COCCCCCCCCCCCCCCCCC)COP(=O)(O)OCCN. The van der Waals surface area contributed by atoms with Crippen LogP contribution in [0, 0.1) is 0 Å². The minimum absolute atomic E-state index is 0.0923. The molecule has 0 spiro atoms. The van der Waals surface area contributed by atoms with Gasteiger partial charge >= 0.3 is 13.8 Å². The second-order valence-corrected chi connectivity index (χ2v) is 16.7. The number of phosphoric ester groups is 1. The number of carbonyl (C=O) groups is 1. The summed E-state index contributed by atoms with van der Waals surface area (Å²) in [6.07, 6.45) is 45.1. The van der Waals surface area contributed by atoms with E-state index in [4.69, 9.17) is 24.3 Å². The van der Waals surface area contributed by atoms with Crippen molar-refractivity contribution in [3.8, 4) is 0 Å². The molecule has 53 heavy (non-hydrogen) atoms. The number of allylic oxidation sites excluding steroid dienone is 2. The Morgan fingerprint density at radius 2 is 0.943 bits per heavy atom. The first-order valence-corrected chi connectivity index (χ1v) is 24.2. The van der Waals surface area contributed by atoms with E-state index < -0.39 is 13.9 Å². The molecule has 0 amide bonds. The van der Waals surface area contributed by atoms with Crippen molar-refractivity contribution in [3.05, 3.63) is 12.2 Å². The summed E-state index contributed by atoms with van der Waals surface area (Å²) in [5.41, 5.74) is 5.37. The zero-order chi connectivity index (χ0) is 38.8. The van der Waals surface area contributed by atoms with Gasteiger partial charge in [0.15, 0.2) is 0 Å². The quantitative estimate of drug-likeness (QED) is 0.0272. The Kier molecular flexibility index (Phi) is 41.8. The van der Waals surface area contributed by atoms with E-state index >= 15 is 0 Å². The highest BCUT2D eigenvalue weighted by molar-refractivity contribution is 7.47. The maximum Gasteiger partial charge on any atom is 0.472 e. The van der Waals surface area contributed by atoms with E-state index in [0.29, 0.717) is 13.0 Å². The second-order valence-electron chi connectivity index (χ2n) is 15.3. The molecule has 2 unspecified atom stereocenters. The third-order valence-corrected chi connectivity index (χ3v) is 10.9. The predicted molar refractivity (Wildman–Crippen MR) is 224 cm³/mol. The number of hydrogen-bond donors (Lipinski definition) is 2. The van der Waals surface area contributed by atoms with Gasteiger partial charge in [-0.3, -0.25) is 13.8 Å². The van der Waals surface area contributed by atoms with Gasteiger partial charge in [0.1, 0.15) is 6.10 Å². The van der Waals surface area contributed by atoms with Crippen LogP contribution >= 0.6 is 7.82 Å². The van der Waals surface area contributed by atoms with Crippen LogP contribution in [0.4, 0.5) is 0 Å². The summed E-state index contributed by atoms with van der Waals surface area (Å²) in [4.78, 5) is 22.5. The largest absolute Gasteiger partial charge is 0.472 e. The lowest BCUT2D eigenvalue weighted by Crippen LogP contribution is -2.28. The Morgan fingerprint density at radius 1 is 0.547 bits per heavy atom. The number of nitrogens with two attached hydrogens (primary N) is 1. The summed E-state index contributed by atoms with van der Waals surface area (Å²) in [6, 6.07) is 0. The Balaban J connectivity index is 3.97. The first-order chi connectivity index (χ1) is 25.9. The van der Waals surface area contributed by atoms with E-state index in [1.54, 1.807) is 0 Å². The van der Waals surface area contributed by atoms with Crippen LogP contribution in [0.15, 0.2) is 12.2 Å². The van der Waals surface area contributed by atoms with Crippen molar-refractivity contribution in [3.63, 3.8) is 0 Å². The van der Waals surface area contributed by atoms with Crippen molar-refractivity contribution in [1.82, 2.24) is 0 Å². The highest BCUT2D eigenvalue weighted by atomic mass is 31.2. The van der Waals surface area contributed by atoms with Crippen LogP contribution in [0.2, 0.25) is 0 Å². The van der Waals surface area contributed by atoms with E-state index in [1.807, 2.05) is 0 Å². The summed E-state index contributed by atoms with van der Waals surface area (Å²) in [5, 5.41) is 0. The van der Waals surface area contributed by atoms with Crippen molar-refractivity contribution in [2.75, 3.05) is 33.0 Å². The molecule has 0 fully saturated rings. The number of rotatable bonds is 44. The van der Waals surface area contributed by atoms with Crippen molar-refractivity contribution < 1.29 is 32.8 Å². The Morgan fingerprint density at radius 3 is 1.38 bits per heavy atom. The van der Waals surface area contributed by atoms with Crippen LogP contribution < -0.4 is 5.73 Å². The van der Waals surface area contributed by atoms with E-state index in [9.17, 15) is 14.3 Å². The van der Waals surface area contributed by atoms with Crippen molar-refractivity contribution in [2.24, 2.45) is 5.73 Å². The van der Waals surface area contributed by atoms with Gasteiger partial charge in [0.05, 0.1) is 19.8 Å². The number of phosphoric acid groups is 1. The predicted octanol–water partition coefficient (Wildman–Crippen LogP) is 13.5. The molecule has 0 saturated heterocycles. The van der Waals surface area contributed by atoms with Crippen molar-refractivity contribution in [1.29, 1.82) is 0 Å². The van der Waals surface area contributed by atoms with Gasteiger partial charge in [0, 0.05) is 19.6 Å². The molecule has 2 atom stereocenters. The molecule has 0 radical (unpaired) electrons.